The molecule has 0 amide bonds. The lowest BCUT2D eigenvalue weighted by molar-refractivity contribution is -0.140. The van der Waals surface area contributed by atoms with Crippen LogP contribution >= 0.6 is 0 Å². The molecule has 1 rings (SSSR count). The van der Waals surface area contributed by atoms with Crippen molar-refractivity contribution in [3.05, 3.63) is 29.8 Å². The first-order valence-electron chi connectivity index (χ1n) is 4.91. The molecular weight excluding hydrogens is 258 g/mol. The number of carbonyl (C=O) groups is 1. The minimum absolute atomic E-state index is 0.0260. The van der Waals surface area contributed by atoms with Crippen molar-refractivity contribution in [3.63, 3.8) is 0 Å². The van der Waals surface area contributed by atoms with E-state index in [1.165, 1.54) is 31.2 Å². The fourth-order valence-corrected chi connectivity index (χ4v) is 1.84. The van der Waals surface area contributed by atoms with Gasteiger partial charge in [-0.25, -0.2) is 13.2 Å². The van der Waals surface area contributed by atoms with Crippen molar-refractivity contribution in [2.45, 2.75) is 11.8 Å². The third-order valence-corrected chi connectivity index (χ3v) is 3.43. The Morgan fingerprint density at radius 1 is 1.33 bits per heavy atom. The molecular formula is C10H13N3O4S. The summed E-state index contributed by atoms with van der Waals surface area (Å²) in [6.07, 6.45) is 0. The molecule has 0 aliphatic heterocycles. The molecule has 0 radical (unpaired) electrons. The van der Waals surface area contributed by atoms with Crippen LogP contribution < -0.4 is 11.5 Å². The quantitative estimate of drug-likeness (QED) is 0.331. The van der Waals surface area contributed by atoms with Gasteiger partial charge in [0.2, 0.25) is 0 Å². The highest BCUT2D eigenvalue weighted by Gasteiger charge is 2.11. The van der Waals surface area contributed by atoms with Crippen LogP contribution in [0.4, 0.5) is 0 Å². The molecule has 0 spiro atoms. The van der Waals surface area contributed by atoms with Gasteiger partial charge in [-0.1, -0.05) is 5.16 Å². The van der Waals surface area contributed by atoms with E-state index in [0.717, 1.165) is 0 Å². The van der Waals surface area contributed by atoms with Crippen molar-refractivity contribution < 1.29 is 18.0 Å². The molecule has 0 atom stereocenters. The van der Waals surface area contributed by atoms with E-state index in [1.807, 2.05) is 0 Å². The van der Waals surface area contributed by atoms with Crippen molar-refractivity contribution in [1.82, 2.24) is 0 Å². The molecule has 98 valence electrons. The van der Waals surface area contributed by atoms with E-state index in [4.69, 9.17) is 11.5 Å². The Hall–Kier alpha value is -1.93. The van der Waals surface area contributed by atoms with Gasteiger partial charge in [-0.3, -0.25) is 0 Å². The summed E-state index contributed by atoms with van der Waals surface area (Å²) < 4.78 is 22.9. The topological polar surface area (TPSA) is 125 Å². The molecule has 0 saturated heterocycles. The maximum atomic E-state index is 11.4. The second-order valence-electron chi connectivity index (χ2n) is 3.37. The highest BCUT2D eigenvalue weighted by Crippen LogP contribution is 2.11. The second kappa shape index (κ2) is 5.61. The van der Waals surface area contributed by atoms with Gasteiger partial charge in [0, 0.05) is 12.5 Å². The molecule has 7 nitrogen and oxygen atoms in total. The summed E-state index contributed by atoms with van der Waals surface area (Å²) in [5, 5.41) is 3.38. The first-order valence-corrected chi connectivity index (χ1v) is 6.56. The van der Waals surface area contributed by atoms with E-state index < -0.39 is 21.7 Å². The zero-order valence-electron chi connectivity index (χ0n) is 9.66. The molecule has 8 heteroatoms. The van der Waals surface area contributed by atoms with Crippen molar-refractivity contribution in [2.24, 2.45) is 16.6 Å². The van der Waals surface area contributed by atoms with Gasteiger partial charge in [0.1, 0.15) is 5.88 Å². The lowest BCUT2D eigenvalue weighted by Gasteiger charge is -2.03. The van der Waals surface area contributed by atoms with Crippen molar-refractivity contribution in [1.29, 1.82) is 0 Å². The zero-order chi connectivity index (χ0) is 13.8. The SMILES string of the molecule is CC(=O)ON=C(N)c1ccc(S(=O)(=O)CN)cc1. The molecule has 0 saturated carbocycles. The standard InChI is InChI=1S/C10H13N3O4S/c1-7(14)17-13-10(12)8-2-4-9(5-3-8)18(15,16)6-11/h2-5H,6,11H2,1H3,(H2,12,13). The van der Waals surface area contributed by atoms with E-state index >= 15 is 0 Å². The van der Waals surface area contributed by atoms with Crippen LogP contribution in [0.1, 0.15) is 12.5 Å². The van der Waals surface area contributed by atoms with Crippen LogP contribution in [0.15, 0.2) is 34.3 Å². The van der Waals surface area contributed by atoms with E-state index in [1.54, 1.807) is 0 Å². The third kappa shape index (κ3) is 3.54. The van der Waals surface area contributed by atoms with Crippen molar-refractivity contribution in [2.75, 3.05) is 5.88 Å². The number of nitrogens with two attached hydrogens (primary N) is 2. The van der Waals surface area contributed by atoms with Gasteiger partial charge < -0.3 is 16.3 Å². The smallest absolute Gasteiger partial charge is 0.332 e. The second-order valence-corrected chi connectivity index (χ2v) is 5.40. The molecule has 0 aliphatic carbocycles. The monoisotopic (exact) mass is 271 g/mol. The average molecular weight is 271 g/mol. The number of amidine groups is 1. The average Bonchev–Trinajstić information content (AvgIpc) is 2.36. The fourth-order valence-electron chi connectivity index (χ4n) is 1.10. The van der Waals surface area contributed by atoms with Crippen LogP contribution in [0.25, 0.3) is 0 Å². The number of rotatable bonds is 4. The molecule has 0 bridgehead atoms. The predicted molar refractivity (Wildman–Crippen MR) is 65.2 cm³/mol. The summed E-state index contributed by atoms with van der Waals surface area (Å²) in [5.41, 5.74) is 11.1. The lowest BCUT2D eigenvalue weighted by atomic mass is 10.2. The van der Waals surface area contributed by atoms with E-state index in [9.17, 15) is 13.2 Å². The largest absolute Gasteiger partial charge is 0.380 e. The minimum atomic E-state index is -3.45. The Morgan fingerprint density at radius 3 is 2.33 bits per heavy atom. The van der Waals surface area contributed by atoms with Crippen molar-refractivity contribution >= 4 is 21.6 Å². The first-order chi connectivity index (χ1) is 8.36. The van der Waals surface area contributed by atoms with Crippen LogP contribution in [0.3, 0.4) is 0 Å². The number of hydrogen-bond donors (Lipinski definition) is 2. The van der Waals surface area contributed by atoms with Crippen LogP contribution in [0, 0.1) is 0 Å². The molecule has 0 fully saturated rings. The number of hydrogen-bond acceptors (Lipinski definition) is 6. The first kappa shape index (κ1) is 14.1. The molecule has 0 unspecified atom stereocenters. The van der Waals surface area contributed by atoms with E-state index in [-0.39, 0.29) is 10.7 Å². The molecule has 0 aliphatic rings. The Balaban J connectivity index is 2.96. The van der Waals surface area contributed by atoms with Gasteiger partial charge >= 0.3 is 5.97 Å². The molecule has 4 N–H and O–H groups in total. The molecule has 1 aromatic rings. The maximum absolute atomic E-state index is 11.4. The van der Waals surface area contributed by atoms with Crippen LogP contribution in [-0.2, 0) is 19.5 Å². The van der Waals surface area contributed by atoms with Gasteiger partial charge in [-0.05, 0) is 24.3 Å². The number of sulfone groups is 1. The zero-order valence-corrected chi connectivity index (χ0v) is 10.5. The third-order valence-electron chi connectivity index (χ3n) is 2.00. The summed E-state index contributed by atoms with van der Waals surface area (Å²) in [7, 11) is -3.45. The van der Waals surface area contributed by atoms with Gasteiger partial charge in [0.05, 0.1) is 4.90 Å². The Morgan fingerprint density at radius 2 is 1.89 bits per heavy atom. The number of oxime groups is 1. The molecule has 0 aromatic heterocycles. The summed E-state index contributed by atoms with van der Waals surface area (Å²) in [4.78, 5) is 15.0. The van der Waals surface area contributed by atoms with Crippen molar-refractivity contribution in [3.8, 4) is 0 Å². The van der Waals surface area contributed by atoms with Crippen LogP contribution in [0.5, 0.6) is 0 Å². The lowest BCUT2D eigenvalue weighted by Crippen LogP contribution is -2.16. The number of carbonyl (C=O) groups excluding carboxylic acids is 1. The van der Waals surface area contributed by atoms with Crippen LogP contribution in [-0.4, -0.2) is 26.1 Å². The van der Waals surface area contributed by atoms with Gasteiger partial charge in [-0.2, -0.15) is 0 Å². The van der Waals surface area contributed by atoms with Gasteiger partial charge in [0.15, 0.2) is 15.7 Å². The highest BCUT2D eigenvalue weighted by atomic mass is 32.2. The predicted octanol–water partition coefficient (Wildman–Crippen LogP) is -0.440. The Labute approximate surface area is 104 Å². The summed E-state index contributed by atoms with van der Waals surface area (Å²) in [6.45, 7) is 1.19. The summed E-state index contributed by atoms with van der Waals surface area (Å²) in [5.74, 6) is -1.09. The molecule has 1 aromatic carbocycles. The van der Waals surface area contributed by atoms with E-state index in [2.05, 4.69) is 9.99 Å². The number of nitrogens with zero attached hydrogens (tertiary/aromatic N) is 1. The minimum Gasteiger partial charge on any atom is -0.380 e. The summed E-state index contributed by atoms with van der Waals surface area (Å²) in [6, 6.07) is 5.61. The fraction of sp³-hybridized carbons (Fsp3) is 0.200. The number of benzene rings is 1. The van der Waals surface area contributed by atoms with Crippen LogP contribution in [0.2, 0.25) is 0 Å². The van der Waals surface area contributed by atoms with Gasteiger partial charge in [-0.15, -0.1) is 0 Å². The Bertz CT molecular complexity index is 563. The maximum Gasteiger partial charge on any atom is 0.332 e. The van der Waals surface area contributed by atoms with Gasteiger partial charge in [0.25, 0.3) is 0 Å². The highest BCUT2D eigenvalue weighted by molar-refractivity contribution is 7.91. The molecule has 18 heavy (non-hydrogen) atoms. The Kier molecular flexibility index (Phi) is 4.40. The van der Waals surface area contributed by atoms with E-state index in [0.29, 0.717) is 5.56 Å². The molecule has 0 heterocycles. The summed E-state index contributed by atoms with van der Waals surface area (Å²) >= 11 is 0. The normalized spacial score (nSPS) is 12.2.